The summed E-state index contributed by atoms with van der Waals surface area (Å²) >= 11 is 0. The van der Waals surface area contributed by atoms with Crippen LogP contribution in [-0.4, -0.2) is 0 Å². The van der Waals surface area contributed by atoms with Crippen molar-refractivity contribution in [3.63, 3.8) is 0 Å². The van der Waals surface area contributed by atoms with Crippen molar-refractivity contribution < 1.29 is 0 Å². The Balaban J connectivity index is 1.76. The van der Waals surface area contributed by atoms with Crippen LogP contribution in [0, 0.1) is 43.4 Å². The third-order valence-electron chi connectivity index (χ3n) is 5.59. The normalized spacial score (nSPS) is 10.4. The van der Waals surface area contributed by atoms with E-state index in [0.29, 0.717) is 0 Å². The van der Waals surface area contributed by atoms with Crippen LogP contribution in [0.25, 0.3) is 0 Å². The lowest BCUT2D eigenvalue weighted by molar-refractivity contribution is 0.914. The van der Waals surface area contributed by atoms with Gasteiger partial charge in [-0.1, -0.05) is 48.0 Å². The summed E-state index contributed by atoms with van der Waals surface area (Å²) in [5.74, 6) is 0. The quantitative estimate of drug-likeness (QED) is 0.534. The highest BCUT2D eigenvalue weighted by molar-refractivity contribution is 5.44. The van der Waals surface area contributed by atoms with Crippen LogP contribution in [0.15, 0.2) is 54.6 Å². The van der Waals surface area contributed by atoms with Gasteiger partial charge in [-0.25, -0.2) is 0 Å². The molecule has 144 valence electrons. The van der Waals surface area contributed by atoms with Crippen molar-refractivity contribution in [3.8, 4) is 12.1 Å². The zero-order valence-electron chi connectivity index (χ0n) is 17.4. The predicted octanol–water partition coefficient (Wildman–Crippen LogP) is 5.93. The average Bonchev–Trinajstić information content (AvgIpc) is 2.71. The zero-order valence-corrected chi connectivity index (χ0v) is 17.4. The molecule has 3 aromatic carbocycles. The second-order valence-corrected chi connectivity index (χ2v) is 7.75. The standard InChI is InChI=1S/C27H26N2/c1-19-14-22(10-12-26-20(2)6-4-8-24(26)17-28)16-23(15-19)11-13-27-21(3)7-5-9-25(27)18-29/h4-9,14-16H,10-13H2,1-3H3. The molecular weight excluding hydrogens is 352 g/mol. The van der Waals surface area contributed by atoms with Gasteiger partial charge >= 0.3 is 0 Å². The smallest absolute Gasteiger partial charge is 0.0994 e. The summed E-state index contributed by atoms with van der Waals surface area (Å²) in [6, 6.07) is 23.3. The number of hydrogen-bond donors (Lipinski definition) is 0. The first-order valence-electron chi connectivity index (χ1n) is 10.1. The molecule has 0 aliphatic rings. The van der Waals surface area contributed by atoms with Crippen LogP contribution >= 0.6 is 0 Å². The molecule has 0 heterocycles. The van der Waals surface area contributed by atoms with Gasteiger partial charge in [0.25, 0.3) is 0 Å². The molecule has 0 spiro atoms. The Hall–Kier alpha value is -3.36. The van der Waals surface area contributed by atoms with E-state index < -0.39 is 0 Å². The molecule has 0 fully saturated rings. The van der Waals surface area contributed by atoms with Crippen LogP contribution in [-0.2, 0) is 25.7 Å². The second kappa shape index (κ2) is 9.22. The highest BCUT2D eigenvalue weighted by Crippen LogP contribution is 2.20. The minimum Gasteiger partial charge on any atom is -0.192 e. The third kappa shape index (κ3) is 4.92. The zero-order chi connectivity index (χ0) is 20.8. The Labute approximate surface area is 174 Å². The predicted molar refractivity (Wildman–Crippen MR) is 118 cm³/mol. The largest absolute Gasteiger partial charge is 0.192 e. The number of nitriles is 2. The SMILES string of the molecule is Cc1cc(CCc2c(C)cccc2C#N)cc(CCc2c(C)cccc2C#N)c1. The minimum absolute atomic E-state index is 0.779. The summed E-state index contributed by atoms with van der Waals surface area (Å²) < 4.78 is 0. The van der Waals surface area contributed by atoms with E-state index in [4.69, 9.17) is 0 Å². The monoisotopic (exact) mass is 378 g/mol. The van der Waals surface area contributed by atoms with E-state index in [0.717, 1.165) is 47.9 Å². The molecule has 3 aromatic rings. The molecule has 0 atom stereocenters. The maximum atomic E-state index is 9.40. The summed E-state index contributed by atoms with van der Waals surface area (Å²) in [7, 11) is 0. The first kappa shape index (κ1) is 20.4. The fourth-order valence-electron chi connectivity index (χ4n) is 4.05. The maximum absolute atomic E-state index is 9.40. The summed E-state index contributed by atoms with van der Waals surface area (Å²) in [4.78, 5) is 0. The molecule has 0 saturated carbocycles. The Morgan fingerprint density at radius 2 is 1.07 bits per heavy atom. The van der Waals surface area contributed by atoms with E-state index in [1.807, 2.05) is 24.3 Å². The number of rotatable bonds is 6. The van der Waals surface area contributed by atoms with Gasteiger partial charge in [0.2, 0.25) is 0 Å². The van der Waals surface area contributed by atoms with Gasteiger partial charge in [-0.3, -0.25) is 0 Å². The minimum atomic E-state index is 0.779. The van der Waals surface area contributed by atoms with Crippen molar-refractivity contribution in [1.82, 2.24) is 0 Å². The molecule has 0 unspecified atom stereocenters. The van der Waals surface area contributed by atoms with Crippen molar-refractivity contribution in [2.45, 2.75) is 46.5 Å². The fourth-order valence-corrected chi connectivity index (χ4v) is 4.05. The van der Waals surface area contributed by atoms with Gasteiger partial charge in [-0.05, 0) is 92.0 Å². The van der Waals surface area contributed by atoms with Crippen molar-refractivity contribution in [3.05, 3.63) is 105 Å². The average molecular weight is 379 g/mol. The maximum Gasteiger partial charge on any atom is 0.0994 e. The molecule has 29 heavy (non-hydrogen) atoms. The molecule has 3 rings (SSSR count). The lowest BCUT2D eigenvalue weighted by Crippen LogP contribution is -2.01. The highest BCUT2D eigenvalue weighted by atomic mass is 14.3. The molecule has 2 nitrogen and oxygen atoms in total. The van der Waals surface area contributed by atoms with E-state index in [2.05, 4.69) is 63.2 Å². The van der Waals surface area contributed by atoms with Gasteiger partial charge < -0.3 is 0 Å². The summed E-state index contributed by atoms with van der Waals surface area (Å²) in [5.41, 5.74) is 10.1. The van der Waals surface area contributed by atoms with Crippen LogP contribution in [0.3, 0.4) is 0 Å². The molecule has 2 heteroatoms. The second-order valence-electron chi connectivity index (χ2n) is 7.75. The van der Waals surface area contributed by atoms with Crippen molar-refractivity contribution in [2.24, 2.45) is 0 Å². The van der Waals surface area contributed by atoms with E-state index in [1.165, 1.54) is 27.8 Å². The summed E-state index contributed by atoms with van der Waals surface area (Å²) in [6.07, 6.45) is 3.58. The summed E-state index contributed by atoms with van der Waals surface area (Å²) in [5, 5.41) is 18.8. The molecule has 0 aliphatic carbocycles. The first-order valence-corrected chi connectivity index (χ1v) is 10.1. The van der Waals surface area contributed by atoms with Crippen molar-refractivity contribution >= 4 is 0 Å². The topological polar surface area (TPSA) is 47.6 Å². The Morgan fingerprint density at radius 3 is 1.48 bits per heavy atom. The molecule has 0 N–H and O–H groups in total. The molecule has 0 aromatic heterocycles. The van der Waals surface area contributed by atoms with Crippen LogP contribution in [0.4, 0.5) is 0 Å². The number of benzene rings is 3. The Bertz CT molecular complexity index is 1020. The van der Waals surface area contributed by atoms with E-state index in [-0.39, 0.29) is 0 Å². The van der Waals surface area contributed by atoms with Gasteiger partial charge in [-0.2, -0.15) is 10.5 Å². The Kier molecular flexibility index (Phi) is 6.48. The third-order valence-corrected chi connectivity index (χ3v) is 5.59. The van der Waals surface area contributed by atoms with Crippen LogP contribution in [0.2, 0.25) is 0 Å². The van der Waals surface area contributed by atoms with Gasteiger partial charge in [0.1, 0.15) is 0 Å². The van der Waals surface area contributed by atoms with E-state index in [9.17, 15) is 10.5 Å². The van der Waals surface area contributed by atoms with Crippen LogP contribution in [0.5, 0.6) is 0 Å². The number of hydrogen-bond acceptors (Lipinski definition) is 2. The number of nitrogens with zero attached hydrogens (tertiary/aromatic N) is 2. The molecule has 0 radical (unpaired) electrons. The van der Waals surface area contributed by atoms with Crippen LogP contribution < -0.4 is 0 Å². The van der Waals surface area contributed by atoms with E-state index >= 15 is 0 Å². The van der Waals surface area contributed by atoms with Crippen LogP contribution in [0.1, 0.15) is 50.1 Å². The molecule has 0 amide bonds. The summed E-state index contributed by atoms with van der Waals surface area (Å²) in [6.45, 7) is 6.29. The fraction of sp³-hybridized carbons (Fsp3) is 0.259. The highest BCUT2D eigenvalue weighted by Gasteiger charge is 2.09. The first-order chi connectivity index (χ1) is 14.0. The van der Waals surface area contributed by atoms with Crippen molar-refractivity contribution in [2.75, 3.05) is 0 Å². The lowest BCUT2D eigenvalue weighted by atomic mass is 9.92. The van der Waals surface area contributed by atoms with Gasteiger partial charge in [-0.15, -0.1) is 0 Å². The molecule has 0 aliphatic heterocycles. The van der Waals surface area contributed by atoms with Gasteiger partial charge in [0.05, 0.1) is 23.3 Å². The lowest BCUT2D eigenvalue weighted by Gasteiger charge is -2.12. The molecule has 0 bridgehead atoms. The van der Waals surface area contributed by atoms with Gasteiger partial charge in [0.15, 0.2) is 0 Å². The van der Waals surface area contributed by atoms with Crippen molar-refractivity contribution in [1.29, 1.82) is 10.5 Å². The molecular formula is C27H26N2. The van der Waals surface area contributed by atoms with E-state index in [1.54, 1.807) is 0 Å². The number of aryl methyl sites for hydroxylation is 5. The molecule has 0 saturated heterocycles. The van der Waals surface area contributed by atoms with Gasteiger partial charge in [0, 0.05) is 0 Å². The Morgan fingerprint density at radius 1 is 0.621 bits per heavy atom.